The molecule has 1 fully saturated rings. The maximum Gasteiger partial charge on any atom is 0.407 e. The molecule has 6 nitrogen and oxygen atoms in total. The fraction of sp³-hybridized carbons (Fsp3) is 0.900. The first-order valence-corrected chi connectivity index (χ1v) is 5.33. The van der Waals surface area contributed by atoms with Gasteiger partial charge in [-0.05, 0) is 13.3 Å². The fourth-order valence-corrected chi connectivity index (χ4v) is 1.71. The summed E-state index contributed by atoms with van der Waals surface area (Å²) in [4.78, 5) is 11.3. The molecule has 1 saturated heterocycles. The third kappa shape index (κ3) is 3.33. The molecule has 1 aliphatic rings. The van der Waals surface area contributed by atoms with E-state index in [0.717, 1.165) is 0 Å². The van der Waals surface area contributed by atoms with Gasteiger partial charge in [-0.25, -0.2) is 4.79 Å². The zero-order chi connectivity index (χ0) is 12.0. The van der Waals surface area contributed by atoms with Crippen molar-refractivity contribution in [3.8, 4) is 0 Å². The van der Waals surface area contributed by atoms with Crippen molar-refractivity contribution >= 4 is 6.09 Å². The van der Waals surface area contributed by atoms with Gasteiger partial charge >= 0.3 is 6.09 Å². The van der Waals surface area contributed by atoms with E-state index < -0.39 is 12.4 Å². The van der Waals surface area contributed by atoms with Crippen LogP contribution in [0.3, 0.4) is 0 Å². The normalized spacial score (nSPS) is 29.8. The molecule has 6 heteroatoms. The molecule has 94 valence electrons. The van der Waals surface area contributed by atoms with Gasteiger partial charge in [0, 0.05) is 14.2 Å². The number of carbonyl (C=O) groups is 1. The number of hydrogen-bond donors (Lipinski definition) is 1. The van der Waals surface area contributed by atoms with Crippen LogP contribution in [-0.2, 0) is 18.9 Å². The Balaban J connectivity index is 2.57. The molecule has 0 aromatic heterocycles. The smallest absolute Gasteiger partial charge is 0.407 e. The van der Waals surface area contributed by atoms with Gasteiger partial charge in [0.15, 0.2) is 6.29 Å². The van der Waals surface area contributed by atoms with E-state index in [4.69, 9.17) is 18.9 Å². The number of nitrogens with one attached hydrogen (secondary N) is 1. The first-order valence-electron chi connectivity index (χ1n) is 5.33. The highest BCUT2D eigenvalue weighted by Crippen LogP contribution is 2.18. The molecule has 1 heterocycles. The molecular formula is C10H19NO5. The van der Waals surface area contributed by atoms with Crippen molar-refractivity contribution in [2.45, 2.75) is 31.8 Å². The highest BCUT2D eigenvalue weighted by Gasteiger charge is 2.36. The SMILES string of the molecule is CCOC(=O)N[C@H]1[C@H](OC)OCC[C@@H]1OC. The molecule has 0 saturated carbocycles. The highest BCUT2D eigenvalue weighted by atomic mass is 16.7. The Morgan fingerprint density at radius 3 is 2.75 bits per heavy atom. The Kier molecular flexibility index (Phi) is 5.51. The fourth-order valence-electron chi connectivity index (χ4n) is 1.71. The van der Waals surface area contributed by atoms with Crippen molar-refractivity contribution in [3.05, 3.63) is 0 Å². The zero-order valence-corrected chi connectivity index (χ0v) is 9.89. The van der Waals surface area contributed by atoms with Crippen molar-refractivity contribution in [2.24, 2.45) is 0 Å². The average molecular weight is 233 g/mol. The Bertz CT molecular complexity index is 211. The molecule has 0 aromatic rings. The molecule has 0 spiro atoms. The summed E-state index contributed by atoms with van der Waals surface area (Å²) in [6.45, 7) is 2.63. The Hall–Kier alpha value is -0.850. The van der Waals surface area contributed by atoms with Gasteiger partial charge in [0.1, 0.15) is 6.04 Å². The predicted molar refractivity (Wildman–Crippen MR) is 56.1 cm³/mol. The van der Waals surface area contributed by atoms with E-state index in [-0.39, 0.29) is 12.1 Å². The largest absolute Gasteiger partial charge is 0.450 e. The van der Waals surface area contributed by atoms with Gasteiger partial charge in [-0.3, -0.25) is 0 Å². The molecule has 16 heavy (non-hydrogen) atoms. The summed E-state index contributed by atoms with van der Waals surface area (Å²) in [6.07, 6.45) is -0.388. The monoisotopic (exact) mass is 233 g/mol. The quantitative estimate of drug-likeness (QED) is 0.766. The van der Waals surface area contributed by atoms with E-state index in [9.17, 15) is 4.79 Å². The van der Waals surface area contributed by atoms with Gasteiger partial charge in [-0.1, -0.05) is 0 Å². The van der Waals surface area contributed by atoms with Gasteiger partial charge in [-0.15, -0.1) is 0 Å². The second-order valence-electron chi connectivity index (χ2n) is 3.43. The minimum Gasteiger partial charge on any atom is -0.450 e. The second kappa shape index (κ2) is 6.67. The van der Waals surface area contributed by atoms with Crippen molar-refractivity contribution < 1.29 is 23.7 Å². The van der Waals surface area contributed by atoms with Crippen molar-refractivity contribution in [1.82, 2.24) is 5.32 Å². The van der Waals surface area contributed by atoms with E-state index in [0.29, 0.717) is 19.6 Å². The molecule has 0 bridgehead atoms. The number of carbonyl (C=O) groups excluding carboxylic acids is 1. The van der Waals surface area contributed by atoms with Crippen LogP contribution in [0.1, 0.15) is 13.3 Å². The summed E-state index contributed by atoms with van der Waals surface area (Å²) in [6, 6.07) is -0.345. The van der Waals surface area contributed by atoms with Crippen LogP contribution < -0.4 is 5.32 Å². The van der Waals surface area contributed by atoms with E-state index >= 15 is 0 Å². The molecule has 0 unspecified atom stereocenters. The van der Waals surface area contributed by atoms with Crippen molar-refractivity contribution in [2.75, 3.05) is 27.4 Å². The number of methoxy groups -OCH3 is 2. The summed E-state index contributed by atoms with van der Waals surface area (Å²) >= 11 is 0. The lowest BCUT2D eigenvalue weighted by molar-refractivity contribution is -0.192. The lowest BCUT2D eigenvalue weighted by Crippen LogP contribution is -2.56. The highest BCUT2D eigenvalue weighted by molar-refractivity contribution is 5.67. The summed E-state index contributed by atoms with van der Waals surface area (Å²) in [5.41, 5.74) is 0. The summed E-state index contributed by atoms with van der Waals surface area (Å²) in [5.74, 6) is 0. The molecule has 1 rings (SSSR count). The van der Waals surface area contributed by atoms with Gasteiger partial charge in [0.2, 0.25) is 0 Å². The molecule has 0 radical (unpaired) electrons. The molecule has 1 amide bonds. The van der Waals surface area contributed by atoms with E-state index in [2.05, 4.69) is 5.32 Å². The van der Waals surface area contributed by atoms with Crippen LogP contribution >= 0.6 is 0 Å². The third-order valence-electron chi connectivity index (χ3n) is 2.47. The van der Waals surface area contributed by atoms with Crippen LogP contribution in [0.25, 0.3) is 0 Å². The summed E-state index contributed by atoms with van der Waals surface area (Å²) in [5, 5.41) is 2.69. The van der Waals surface area contributed by atoms with Crippen LogP contribution in [0.4, 0.5) is 4.79 Å². The number of alkyl carbamates (subject to hydrolysis) is 1. The minimum atomic E-state index is -0.497. The number of hydrogen-bond acceptors (Lipinski definition) is 5. The van der Waals surface area contributed by atoms with Crippen LogP contribution in [0.5, 0.6) is 0 Å². The number of rotatable bonds is 4. The molecule has 1 N–H and O–H groups in total. The standard InChI is InChI=1S/C10H19NO5/c1-4-15-10(12)11-8-7(13-2)5-6-16-9(8)14-3/h7-9H,4-6H2,1-3H3,(H,11,12)/t7-,8+,9+/m0/s1. The maximum atomic E-state index is 11.3. The first-order chi connectivity index (χ1) is 7.72. The lowest BCUT2D eigenvalue weighted by Gasteiger charge is -2.36. The Morgan fingerprint density at radius 2 is 2.19 bits per heavy atom. The predicted octanol–water partition coefficient (Wildman–Crippen LogP) is 0.509. The van der Waals surface area contributed by atoms with Crippen LogP contribution in [0, 0.1) is 0 Å². The summed E-state index contributed by atoms with van der Waals surface area (Å²) in [7, 11) is 3.13. The molecule has 1 aliphatic heterocycles. The maximum absolute atomic E-state index is 11.3. The van der Waals surface area contributed by atoms with E-state index in [1.807, 2.05) is 0 Å². The van der Waals surface area contributed by atoms with Crippen LogP contribution in [0.15, 0.2) is 0 Å². The average Bonchev–Trinajstić information content (AvgIpc) is 2.29. The molecule has 0 aliphatic carbocycles. The molecular weight excluding hydrogens is 214 g/mol. The van der Waals surface area contributed by atoms with Gasteiger partial charge in [0.25, 0.3) is 0 Å². The van der Waals surface area contributed by atoms with Gasteiger partial charge in [0.05, 0.1) is 19.3 Å². The topological polar surface area (TPSA) is 66.0 Å². The van der Waals surface area contributed by atoms with Crippen molar-refractivity contribution in [3.63, 3.8) is 0 Å². The lowest BCUT2D eigenvalue weighted by atomic mass is 10.1. The van der Waals surface area contributed by atoms with E-state index in [1.54, 1.807) is 14.0 Å². The number of amides is 1. The number of ether oxygens (including phenoxy) is 4. The summed E-state index contributed by atoms with van der Waals surface area (Å²) < 4.78 is 20.6. The third-order valence-corrected chi connectivity index (χ3v) is 2.47. The molecule has 3 atom stereocenters. The first kappa shape index (κ1) is 13.2. The van der Waals surface area contributed by atoms with Crippen LogP contribution in [0.2, 0.25) is 0 Å². The Labute approximate surface area is 95.2 Å². The zero-order valence-electron chi connectivity index (χ0n) is 9.89. The van der Waals surface area contributed by atoms with Gasteiger partial charge < -0.3 is 24.3 Å². The van der Waals surface area contributed by atoms with Crippen LogP contribution in [-0.4, -0.2) is 52.0 Å². The van der Waals surface area contributed by atoms with Crippen molar-refractivity contribution in [1.29, 1.82) is 0 Å². The Morgan fingerprint density at radius 1 is 1.44 bits per heavy atom. The van der Waals surface area contributed by atoms with Gasteiger partial charge in [-0.2, -0.15) is 0 Å². The minimum absolute atomic E-state index is 0.122. The van der Waals surface area contributed by atoms with E-state index in [1.165, 1.54) is 7.11 Å². The second-order valence-corrected chi connectivity index (χ2v) is 3.43. The molecule has 0 aromatic carbocycles.